The zero-order valence-corrected chi connectivity index (χ0v) is 16.9. The van der Waals surface area contributed by atoms with Gasteiger partial charge < -0.3 is 29.9 Å². The van der Waals surface area contributed by atoms with Crippen LogP contribution in [0.5, 0.6) is 11.5 Å². The second kappa shape index (κ2) is 11.7. The minimum absolute atomic E-state index is 0.102. The number of piperazine rings is 1. The Kier molecular flexibility index (Phi) is 9.21. The maximum absolute atomic E-state index is 11.9. The fourth-order valence-electron chi connectivity index (χ4n) is 3.15. The molecule has 152 valence electrons. The van der Waals surface area contributed by atoms with Gasteiger partial charge in [0.25, 0.3) is 0 Å². The Morgan fingerprint density at radius 2 is 1.70 bits per heavy atom. The third-order valence-corrected chi connectivity index (χ3v) is 4.93. The average molecular weight is 379 g/mol. The molecule has 27 heavy (non-hydrogen) atoms. The molecule has 2 rings (SSSR count). The lowest BCUT2D eigenvalue weighted by Gasteiger charge is -2.32. The molecular weight excluding hydrogens is 344 g/mol. The van der Waals surface area contributed by atoms with Crippen molar-refractivity contribution in [1.29, 1.82) is 0 Å². The van der Waals surface area contributed by atoms with Crippen molar-refractivity contribution in [3.8, 4) is 11.5 Å². The van der Waals surface area contributed by atoms with Crippen LogP contribution in [0.1, 0.15) is 18.4 Å². The Morgan fingerprint density at radius 3 is 2.41 bits per heavy atom. The van der Waals surface area contributed by atoms with Crippen LogP contribution in [0.3, 0.4) is 0 Å². The molecule has 1 aromatic rings. The average Bonchev–Trinajstić information content (AvgIpc) is 2.69. The summed E-state index contributed by atoms with van der Waals surface area (Å²) in [5.74, 6) is 1.42. The molecule has 7 nitrogen and oxygen atoms in total. The van der Waals surface area contributed by atoms with E-state index in [9.17, 15) is 4.79 Å². The van der Waals surface area contributed by atoms with Crippen LogP contribution in [0, 0.1) is 0 Å². The molecule has 2 N–H and O–H groups in total. The van der Waals surface area contributed by atoms with Crippen LogP contribution in [0.4, 0.5) is 4.79 Å². The largest absolute Gasteiger partial charge is 0.493 e. The van der Waals surface area contributed by atoms with Gasteiger partial charge in [-0.05, 0) is 50.6 Å². The molecule has 1 aliphatic rings. The maximum Gasteiger partial charge on any atom is 0.314 e. The van der Waals surface area contributed by atoms with Crippen LogP contribution < -0.4 is 20.1 Å². The van der Waals surface area contributed by atoms with Crippen molar-refractivity contribution < 1.29 is 14.3 Å². The molecule has 1 aliphatic heterocycles. The molecule has 1 heterocycles. The van der Waals surface area contributed by atoms with Crippen molar-refractivity contribution in [3.05, 3.63) is 23.8 Å². The van der Waals surface area contributed by atoms with E-state index in [1.54, 1.807) is 14.2 Å². The van der Waals surface area contributed by atoms with E-state index in [4.69, 9.17) is 9.47 Å². The molecule has 0 spiro atoms. The molecule has 0 atom stereocenters. The van der Waals surface area contributed by atoms with Crippen molar-refractivity contribution in [2.45, 2.75) is 19.3 Å². The van der Waals surface area contributed by atoms with Gasteiger partial charge in [0.2, 0.25) is 0 Å². The Hall–Kier alpha value is -1.99. The molecule has 2 amide bonds. The highest BCUT2D eigenvalue weighted by Gasteiger charge is 2.12. The zero-order valence-electron chi connectivity index (χ0n) is 16.9. The molecule has 1 saturated heterocycles. The monoisotopic (exact) mass is 378 g/mol. The molecule has 0 unspecified atom stereocenters. The minimum Gasteiger partial charge on any atom is -0.493 e. The number of carbonyl (C=O) groups is 1. The van der Waals surface area contributed by atoms with Gasteiger partial charge >= 0.3 is 6.03 Å². The van der Waals surface area contributed by atoms with Gasteiger partial charge in [-0.15, -0.1) is 0 Å². The number of urea groups is 1. The van der Waals surface area contributed by atoms with Crippen LogP contribution in [0.25, 0.3) is 0 Å². The van der Waals surface area contributed by atoms with Crippen molar-refractivity contribution in [2.75, 3.05) is 67.1 Å². The molecule has 1 fully saturated rings. The normalized spacial score (nSPS) is 15.4. The molecule has 0 bridgehead atoms. The first-order chi connectivity index (χ1) is 13.1. The highest BCUT2D eigenvalue weighted by molar-refractivity contribution is 5.73. The fraction of sp³-hybridized carbons (Fsp3) is 0.650. The quantitative estimate of drug-likeness (QED) is 0.605. The summed E-state index contributed by atoms with van der Waals surface area (Å²) in [6, 6.07) is 5.71. The first-order valence-corrected chi connectivity index (χ1v) is 9.76. The van der Waals surface area contributed by atoms with Crippen molar-refractivity contribution in [2.24, 2.45) is 0 Å². The van der Waals surface area contributed by atoms with Gasteiger partial charge in [0.05, 0.1) is 14.2 Å². The number of likely N-dealkylation sites (N-methyl/N-ethyl adjacent to an activating group) is 1. The summed E-state index contributed by atoms with van der Waals surface area (Å²) in [5.41, 5.74) is 1.10. The number of hydrogen-bond acceptors (Lipinski definition) is 5. The Morgan fingerprint density at radius 1 is 1.00 bits per heavy atom. The van der Waals surface area contributed by atoms with E-state index in [2.05, 4.69) is 27.5 Å². The molecule has 0 saturated carbocycles. The van der Waals surface area contributed by atoms with Gasteiger partial charge in [0.15, 0.2) is 11.5 Å². The standard InChI is InChI=1S/C20H34N4O3/c1-23-12-14-24(15-13-23)11-5-4-9-21-20(25)22-10-8-17-6-7-18(26-2)19(16-17)27-3/h6-7,16H,4-5,8-15H2,1-3H3,(H2,21,22,25). The predicted octanol–water partition coefficient (Wildman–Crippen LogP) is 1.57. The molecule has 0 aliphatic carbocycles. The van der Waals surface area contributed by atoms with Crippen LogP contribution >= 0.6 is 0 Å². The van der Waals surface area contributed by atoms with Gasteiger partial charge in [0, 0.05) is 39.3 Å². The van der Waals surface area contributed by atoms with Gasteiger partial charge in [0.1, 0.15) is 0 Å². The molecule has 1 aromatic carbocycles. The van der Waals surface area contributed by atoms with Gasteiger partial charge in [-0.3, -0.25) is 0 Å². The number of carbonyl (C=O) groups excluding carboxylic acids is 1. The molecule has 0 aromatic heterocycles. The molecular formula is C20H34N4O3. The smallest absolute Gasteiger partial charge is 0.314 e. The minimum atomic E-state index is -0.102. The highest BCUT2D eigenvalue weighted by Crippen LogP contribution is 2.27. The second-order valence-corrected chi connectivity index (χ2v) is 6.97. The maximum atomic E-state index is 11.9. The zero-order chi connectivity index (χ0) is 19.5. The lowest BCUT2D eigenvalue weighted by Crippen LogP contribution is -2.44. The van der Waals surface area contributed by atoms with E-state index in [1.165, 1.54) is 0 Å². The van der Waals surface area contributed by atoms with Gasteiger partial charge in [-0.1, -0.05) is 6.07 Å². The first-order valence-electron chi connectivity index (χ1n) is 9.76. The lowest BCUT2D eigenvalue weighted by molar-refractivity contribution is 0.152. The molecule has 7 heteroatoms. The van der Waals surface area contributed by atoms with Crippen molar-refractivity contribution >= 4 is 6.03 Å². The predicted molar refractivity (Wildman–Crippen MR) is 108 cm³/mol. The summed E-state index contributed by atoms with van der Waals surface area (Å²) in [5, 5.41) is 5.84. The van der Waals surface area contributed by atoms with E-state index >= 15 is 0 Å². The number of ether oxygens (including phenoxy) is 2. The topological polar surface area (TPSA) is 66.1 Å². The highest BCUT2D eigenvalue weighted by atomic mass is 16.5. The number of nitrogens with one attached hydrogen (secondary N) is 2. The molecule has 0 radical (unpaired) electrons. The Balaban J connectivity index is 1.53. The van der Waals surface area contributed by atoms with E-state index in [0.29, 0.717) is 18.0 Å². The van der Waals surface area contributed by atoms with Gasteiger partial charge in [-0.2, -0.15) is 0 Å². The fourth-order valence-corrected chi connectivity index (χ4v) is 3.15. The van der Waals surface area contributed by atoms with E-state index in [-0.39, 0.29) is 6.03 Å². The Labute approximate surface area is 163 Å². The lowest BCUT2D eigenvalue weighted by atomic mass is 10.1. The van der Waals surface area contributed by atoms with Crippen molar-refractivity contribution in [3.63, 3.8) is 0 Å². The number of amides is 2. The van der Waals surface area contributed by atoms with Crippen LogP contribution in [0.15, 0.2) is 18.2 Å². The number of methoxy groups -OCH3 is 2. The number of unbranched alkanes of at least 4 members (excludes halogenated alkanes) is 1. The third-order valence-electron chi connectivity index (χ3n) is 4.93. The summed E-state index contributed by atoms with van der Waals surface area (Å²) in [6.45, 7) is 7.04. The summed E-state index contributed by atoms with van der Waals surface area (Å²) < 4.78 is 10.5. The SMILES string of the molecule is COc1ccc(CCNC(=O)NCCCCN2CCN(C)CC2)cc1OC. The van der Waals surface area contributed by atoms with Crippen molar-refractivity contribution in [1.82, 2.24) is 20.4 Å². The summed E-state index contributed by atoms with van der Waals surface area (Å²) in [4.78, 5) is 16.7. The number of benzene rings is 1. The number of nitrogens with zero attached hydrogens (tertiary/aromatic N) is 2. The van der Waals surface area contributed by atoms with E-state index in [0.717, 1.165) is 64.1 Å². The van der Waals surface area contributed by atoms with Crippen LogP contribution in [0.2, 0.25) is 0 Å². The van der Waals surface area contributed by atoms with E-state index < -0.39 is 0 Å². The summed E-state index contributed by atoms with van der Waals surface area (Å²) in [6.07, 6.45) is 2.88. The van der Waals surface area contributed by atoms with Crippen LogP contribution in [-0.2, 0) is 6.42 Å². The number of rotatable bonds is 10. The summed E-state index contributed by atoms with van der Waals surface area (Å²) in [7, 11) is 5.41. The summed E-state index contributed by atoms with van der Waals surface area (Å²) >= 11 is 0. The second-order valence-electron chi connectivity index (χ2n) is 6.97. The van der Waals surface area contributed by atoms with Crippen LogP contribution in [-0.4, -0.2) is 82.9 Å². The number of hydrogen-bond donors (Lipinski definition) is 2. The van der Waals surface area contributed by atoms with E-state index in [1.807, 2.05) is 18.2 Å². The van der Waals surface area contributed by atoms with Gasteiger partial charge in [-0.25, -0.2) is 4.79 Å². The first kappa shape index (κ1) is 21.3. The third kappa shape index (κ3) is 7.64. The Bertz CT molecular complexity index is 574.